The summed E-state index contributed by atoms with van der Waals surface area (Å²) in [5.74, 6) is -0.251. The molecular formula is C17H17F4N3O2. The predicted molar refractivity (Wildman–Crippen MR) is 85.2 cm³/mol. The molecule has 0 aliphatic carbocycles. The van der Waals surface area contributed by atoms with Crippen LogP contribution in [0.2, 0.25) is 0 Å². The molecule has 1 saturated heterocycles. The lowest BCUT2D eigenvalue weighted by atomic mass is 9.99. The van der Waals surface area contributed by atoms with Gasteiger partial charge in [-0.2, -0.15) is 18.3 Å². The minimum Gasteiger partial charge on any atom is -0.494 e. The summed E-state index contributed by atoms with van der Waals surface area (Å²) in [6, 6.07) is 6.27. The molecule has 0 spiro atoms. The minimum absolute atomic E-state index is 0.0202. The first-order chi connectivity index (χ1) is 12.3. The minimum atomic E-state index is -4.58. The molecule has 0 unspecified atom stereocenters. The molecule has 1 aliphatic rings. The second-order valence-corrected chi connectivity index (χ2v) is 6.27. The zero-order valence-corrected chi connectivity index (χ0v) is 14.0. The molecule has 1 aromatic heterocycles. The van der Waals surface area contributed by atoms with Crippen LogP contribution in [-0.2, 0) is 19.3 Å². The van der Waals surface area contributed by atoms with E-state index in [-0.39, 0.29) is 18.2 Å². The quantitative estimate of drug-likeness (QED) is 0.758. The molecule has 140 valence electrons. The Balaban J connectivity index is 1.58. The largest absolute Gasteiger partial charge is 0.494 e. The van der Waals surface area contributed by atoms with Crippen LogP contribution in [0.1, 0.15) is 11.3 Å². The van der Waals surface area contributed by atoms with Crippen molar-refractivity contribution < 1.29 is 22.3 Å². The maximum atomic E-state index is 13.7. The second-order valence-electron chi connectivity index (χ2n) is 6.27. The first kappa shape index (κ1) is 18.4. The van der Waals surface area contributed by atoms with Crippen molar-refractivity contribution in [1.29, 1.82) is 0 Å². The SMILES string of the molecule is COc1ccc(CN2CC(Cn3nc(C(F)(F)F)ccc3=O)C2)cc1F. The van der Waals surface area contributed by atoms with Crippen LogP contribution in [-0.4, -0.2) is 34.9 Å². The van der Waals surface area contributed by atoms with Gasteiger partial charge in [-0.05, 0) is 23.8 Å². The lowest BCUT2D eigenvalue weighted by molar-refractivity contribution is -0.142. The molecule has 1 aromatic carbocycles. The molecular weight excluding hydrogens is 354 g/mol. The Morgan fingerprint density at radius 1 is 1.23 bits per heavy atom. The van der Waals surface area contributed by atoms with Gasteiger partial charge in [-0.25, -0.2) is 9.07 Å². The van der Waals surface area contributed by atoms with E-state index in [0.29, 0.717) is 25.7 Å². The highest BCUT2D eigenvalue weighted by molar-refractivity contribution is 5.29. The monoisotopic (exact) mass is 371 g/mol. The average Bonchev–Trinajstić information content (AvgIpc) is 2.53. The summed E-state index contributed by atoms with van der Waals surface area (Å²) >= 11 is 0. The van der Waals surface area contributed by atoms with E-state index in [1.54, 1.807) is 12.1 Å². The van der Waals surface area contributed by atoms with Crippen molar-refractivity contribution in [2.45, 2.75) is 19.3 Å². The Kier molecular flexibility index (Phi) is 4.99. The Bertz CT molecular complexity index is 845. The van der Waals surface area contributed by atoms with Gasteiger partial charge < -0.3 is 4.74 Å². The van der Waals surface area contributed by atoms with Crippen LogP contribution >= 0.6 is 0 Å². The fourth-order valence-corrected chi connectivity index (χ4v) is 2.96. The van der Waals surface area contributed by atoms with E-state index in [2.05, 4.69) is 5.10 Å². The molecule has 2 aromatic rings. The lowest BCUT2D eigenvalue weighted by Gasteiger charge is -2.39. The van der Waals surface area contributed by atoms with Crippen LogP contribution in [0.15, 0.2) is 35.1 Å². The molecule has 0 saturated carbocycles. The van der Waals surface area contributed by atoms with E-state index in [1.165, 1.54) is 13.2 Å². The van der Waals surface area contributed by atoms with Crippen molar-refractivity contribution in [3.8, 4) is 5.75 Å². The molecule has 9 heteroatoms. The number of halogens is 4. The number of likely N-dealkylation sites (tertiary alicyclic amines) is 1. The Labute approximate surface area is 146 Å². The van der Waals surface area contributed by atoms with Gasteiger partial charge in [-0.15, -0.1) is 0 Å². The molecule has 26 heavy (non-hydrogen) atoms. The third-order valence-electron chi connectivity index (χ3n) is 4.24. The number of benzene rings is 1. The molecule has 2 heterocycles. The Morgan fingerprint density at radius 3 is 2.58 bits per heavy atom. The molecule has 1 fully saturated rings. The molecule has 0 bridgehead atoms. The fraction of sp³-hybridized carbons (Fsp3) is 0.412. The number of nitrogens with zero attached hydrogens (tertiary/aromatic N) is 3. The van der Waals surface area contributed by atoms with Crippen LogP contribution in [0, 0.1) is 11.7 Å². The molecule has 5 nitrogen and oxygen atoms in total. The van der Waals surface area contributed by atoms with E-state index >= 15 is 0 Å². The van der Waals surface area contributed by atoms with Crippen LogP contribution in [0.3, 0.4) is 0 Å². The highest BCUT2D eigenvalue weighted by Gasteiger charge is 2.34. The number of ether oxygens (including phenoxy) is 1. The molecule has 0 radical (unpaired) electrons. The number of hydrogen-bond donors (Lipinski definition) is 0. The van der Waals surface area contributed by atoms with E-state index in [0.717, 1.165) is 16.3 Å². The van der Waals surface area contributed by atoms with Crippen molar-refractivity contribution in [1.82, 2.24) is 14.7 Å². The van der Waals surface area contributed by atoms with Gasteiger partial charge in [0.25, 0.3) is 5.56 Å². The van der Waals surface area contributed by atoms with Crippen LogP contribution in [0.5, 0.6) is 5.75 Å². The molecule has 3 rings (SSSR count). The summed E-state index contributed by atoms with van der Waals surface area (Å²) in [4.78, 5) is 13.7. The molecule has 1 aliphatic heterocycles. The first-order valence-corrected chi connectivity index (χ1v) is 7.96. The average molecular weight is 371 g/mol. The van der Waals surface area contributed by atoms with Crippen molar-refractivity contribution in [2.24, 2.45) is 5.92 Å². The van der Waals surface area contributed by atoms with Gasteiger partial charge in [0, 0.05) is 31.6 Å². The van der Waals surface area contributed by atoms with Gasteiger partial charge in [0.15, 0.2) is 17.3 Å². The number of alkyl halides is 3. The smallest absolute Gasteiger partial charge is 0.435 e. The maximum absolute atomic E-state index is 13.7. The van der Waals surface area contributed by atoms with Gasteiger partial charge in [-0.3, -0.25) is 9.69 Å². The van der Waals surface area contributed by atoms with Crippen molar-refractivity contribution >= 4 is 0 Å². The molecule has 0 atom stereocenters. The van der Waals surface area contributed by atoms with Gasteiger partial charge >= 0.3 is 6.18 Å². The summed E-state index contributed by atoms with van der Waals surface area (Å²) in [5.41, 5.74) is -0.869. The van der Waals surface area contributed by atoms with Crippen LogP contribution < -0.4 is 10.3 Å². The number of rotatable bonds is 5. The van der Waals surface area contributed by atoms with Gasteiger partial charge in [0.2, 0.25) is 0 Å². The fourth-order valence-electron chi connectivity index (χ4n) is 2.96. The van der Waals surface area contributed by atoms with Crippen LogP contribution in [0.4, 0.5) is 17.6 Å². The van der Waals surface area contributed by atoms with Crippen molar-refractivity contribution in [3.63, 3.8) is 0 Å². The molecule has 0 amide bonds. The third-order valence-corrected chi connectivity index (χ3v) is 4.24. The zero-order chi connectivity index (χ0) is 18.9. The maximum Gasteiger partial charge on any atom is 0.435 e. The highest BCUT2D eigenvalue weighted by atomic mass is 19.4. The summed E-state index contributed by atoms with van der Waals surface area (Å²) in [7, 11) is 1.39. The normalized spacial score (nSPS) is 15.7. The zero-order valence-electron chi connectivity index (χ0n) is 14.0. The number of aromatic nitrogens is 2. The Morgan fingerprint density at radius 2 is 1.96 bits per heavy atom. The summed E-state index contributed by atoms with van der Waals surface area (Å²) in [5, 5.41) is 3.40. The van der Waals surface area contributed by atoms with Gasteiger partial charge in [0.05, 0.1) is 13.7 Å². The predicted octanol–water partition coefficient (Wildman–Crippen LogP) is 2.54. The number of methoxy groups -OCH3 is 1. The van der Waals surface area contributed by atoms with E-state index in [9.17, 15) is 22.4 Å². The summed E-state index contributed by atoms with van der Waals surface area (Å²) < 4.78 is 57.5. The summed E-state index contributed by atoms with van der Waals surface area (Å²) in [6.07, 6.45) is -4.58. The van der Waals surface area contributed by atoms with Crippen LogP contribution in [0.25, 0.3) is 0 Å². The summed E-state index contributed by atoms with van der Waals surface area (Å²) in [6.45, 7) is 1.83. The third kappa shape index (κ3) is 4.04. The Hall–Kier alpha value is -2.42. The lowest BCUT2D eigenvalue weighted by Crippen LogP contribution is -2.49. The first-order valence-electron chi connectivity index (χ1n) is 7.96. The van der Waals surface area contributed by atoms with Gasteiger partial charge in [-0.1, -0.05) is 6.07 Å². The van der Waals surface area contributed by atoms with E-state index in [1.807, 2.05) is 4.90 Å². The molecule has 0 N–H and O–H groups in total. The second kappa shape index (κ2) is 7.06. The van der Waals surface area contributed by atoms with Crippen molar-refractivity contribution in [2.75, 3.05) is 20.2 Å². The number of hydrogen-bond acceptors (Lipinski definition) is 4. The topological polar surface area (TPSA) is 47.4 Å². The standard InChI is InChI=1S/C17H17F4N3O2/c1-26-14-3-2-11(6-13(14)18)7-23-8-12(9-23)10-24-16(25)5-4-15(22-24)17(19,20)21/h2-6,12H,7-10H2,1H3. The van der Waals surface area contributed by atoms with Gasteiger partial charge in [0.1, 0.15) is 0 Å². The van der Waals surface area contributed by atoms with Crippen molar-refractivity contribution in [3.05, 3.63) is 57.8 Å². The van der Waals surface area contributed by atoms with E-state index in [4.69, 9.17) is 4.74 Å². The highest BCUT2D eigenvalue weighted by Crippen LogP contribution is 2.27. The van der Waals surface area contributed by atoms with E-state index < -0.39 is 23.2 Å².